The Labute approximate surface area is 127 Å². The number of nitrogens with zero attached hydrogens (tertiary/aromatic N) is 3. The zero-order valence-corrected chi connectivity index (χ0v) is 11.9. The van der Waals surface area contributed by atoms with Crippen LogP contribution < -0.4 is 5.73 Å². The molecule has 6 nitrogen and oxygen atoms in total. The van der Waals surface area contributed by atoms with Crippen molar-refractivity contribution in [1.29, 1.82) is 0 Å². The zero-order chi connectivity index (χ0) is 15.2. The van der Waals surface area contributed by atoms with Gasteiger partial charge in [-0.25, -0.2) is 15.0 Å². The Morgan fingerprint density at radius 1 is 1.27 bits per heavy atom. The van der Waals surface area contributed by atoms with E-state index in [2.05, 4.69) is 15.0 Å². The second-order valence-electron chi connectivity index (χ2n) is 5.75. The number of benzene rings is 1. The number of ether oxygens (including phenoxy) is 1. The molecule has 0 fully saturated rings. The number of hydrogen-bond donors (Lipinski definition) is 2. The van der Waals surface area contributed by atoms with Crippen LogP contribution >= 0.6 is 0 Å². The van der Waals surface area contributed by atoms with Crippen molar-refractivity contribution in [3.8, 4) is 11.1 Å². The predicted molar refractivity (Wildman–Crippen MR) is 81.1 cm³/mol. The molecule has 0 bridgehead atoms. The van der Waals surface area contributed by atoms with Crippen LogP contribution in [-0.4, -0.2) is 33.2 Å². The molecule has 22 heavy (non-hydrogen) atoms. The molecule has 112 valence electrons. The summed E-state index contributed by atoms with van der Waals surface area (Å²) in [6, 6.07) is 6.07. The lowest BCUT2D eigenvalue weighted by Crippen LogP contribution is -2.40. The van der Waals surface area contributed by atoms with E-state index in [1.54, 1.807) is 12.4 Å². The van der Waals surface area contributed by atoms with Crippen molar-refractivity contribution in [3.05, 3.63) is 48.0 Å². The van der Waals surface area contributed by atoms with Gasteiger partial charge in [-0.2, -0.15) is 0 Å². The maximum Gasteiger partial charge on any atom is 0.282 e. The van der Waals surface area contributed by atoms with Crippen LogP contribution in [0.4, 0.5) is 0 Å². The van der Waals surface area contributed by atoms with E-state index in [1.165, 1.54) is 6.33 Å². The molecular formula is C16H16N4O2. The van der Waals surface area contributed by atoms with E-state index in [-0.39, 0.29) is 6.02 Å². The number of hydrogen-bond acceptors (Lipinski definition) is 6. The summed E-state index contributed by atoms with van der Waals surface area (Å²) in [6.45, 7) is 0.331. The van der Waals surface area contributed by atoms with Crippen molar-refractivity contribution >= 4 is 6.02 Å². The highest BCUT2D eigenvalue weighted by atomic mass is 16.5. The second kappa shape index (κ2) is 4.78. The van der Waals surface area contributed by atoms with E-state index in [0.717, 1.165) is 28.7 Å². The largest absolute Gasteiger partial charge is 0.463 e. The molecule has 4 rings (SSSR count). The van der Waals surface area contributed by atoms with Crippen LogP contribution in [0.25, 0.3) is 11.1 Å². The third-order valence-corrected chi connectivity index (χ3v) is 4.50. The average Bonchev–Trinajstić information content (AvgIpc) is 2.94. The van der Waals surface area contributed by atoms with Crippen LogP contribution in [0.2, 0.25) is 0 Å². The first-order valence-corrected chi connectivity index (χ1v) is 7.23. The van der Waals surface area contributed by atoms with E-state index in [9.17, 15) is 5.11 Å². The van der Waals surface area contributed by atoms with E-state index in [4.69, 9.17) is 10.5 Å². The minimum absolute atomic E-state index is 0.162. The zero-order valence-electron chi connectivity index (χ0n) is 11.9. The molecule has 0 radical (unpaired) electrons. The lowest BCUT2D eigenvalue weighted by Gasteiger charge is -2.36. The molecule has 0 amide bonds. The molecular weight excluding hydrogens is 280 g/mol. The standard InChI is InChI=1S/C16H16N4O2/c17-15-20-16(8-22-15)5-4-12-11(10-6-18-9-19-7-10)2-1-3-13(12)14(16)21/h1-3,6-7,9,14,21H,4-5,8H2,(H2,17,20). The molecule has 1 aromatic carbocycles. The molecule has 0 saturated heterocycles. The highest BCUT2D eigenvalue weighted by molar-refractivity contribution is 5.74. The molecule has 2 aromatic rings. The normalized spacial score (nSPS) is 26.4. The van der Waals surface area contributed by atoms with Crippen molar-refractivity contribution < 1.29 is 9.84 Å². The Morgan fingerprint density at radius 3 is 2.82 bits per heavy atom. The van der Waals surface area contributed by atoms with Crippen molar-refractivity contribution in [3.63, 3.8) is 0 Å². The second-order valence-corrected chi connectivity index (χ2v) is 5.75. The van der Waals surface area contributed by atoms with Gasteiger partial charge in [0.2, 0.25) is 0 Å². The fraction of sp³-hybridized carbons (Fsp3) is 0.312. The van der Waals surface area contributed by atoms with E-state index < -0.39 is 11.6 Å². The number of aliphatic hydroxyl groups excluding tert-OH is 1. The summed E-state index contributed by atoms with van der Waals surface area (Å²) >= 11 is 0. The lowest BCUT2D eigenvalue weighted by atomic mass is 9.74. The molecule has 2 heterocycles. The summed E-state index contributed by atoms with van der Waals surface area (Å²) in [6.07, 6.45) is 5.87. The van der Waals surface area contributed by atoms with Gasteiger partial charge in [0.15, 0.2) is 0 Å². The first-order chi connectivity index (χ1) is 10.7. The summed E-state index contributed by atoms with van der Waals surface area (Å²) in [5, 5.41) is 10.8. The number of nitrogens with two attached hydrogens (primary N) is 1. The molecule has 1 aliphatic carbocycles. The molecule has 2 atom stereocenters. The summed E-state index contributed by atoms with van der Waals surface area (Å²) in [5.74, 6) is 0. The fourth-order valence-corrected chi connectivity index (χ4v) is 3.37. The van der Waals surface area contributed by atoms with Gasteiger partial charge >= 0.3 is 0 Å². The van der Waals surface area contributed by atoms with Crippen LogP contribution in [0.5, 0.6) is 0 Å². The van der Waals surface area contributed by atoms with E-state index in [0.29, 0.717) is 13.0 Å². The van der Waals surface area contributed by atoms with Crippen molar-refractivity contribution in [2.75, 3.05) is 6.61 Å². The van der Waals surface area contributed by atoms with Crippen LogP contribution in [0.1, 0.15) is 23.7 Å². The van der Waals surface area contributed by atoms with Crippen LogP contribution in [0.15, 0.2) is 41.9 Å². The summed E-state index contributed by atoms with van der Waals surface area (Å²) in [5.41, 5.74) is 9.01. The van der Waals surface area contributed by atoms with Gasteiger partial charge in [-0.3, -0.25) is 0 Å². The molecule has 1 aliphatic heterocycles. The Kier molecular flexibility index (Phi) is 2.87. The smallest absolute Gasteiger partial charge is 0.282 e. The van der Waals surface area contributed by atoms with Gasteiger partial charge in [0.1, 0.15) is 24.6 Å². The van der Waals surface area contributed by atoms with Gasteiger partial charge in [0.25, 0.3) is 6.02 Å². The molecule has 2 aliphatic rings. The first-order valence-electron chi connectivity index (χ1n) is 7.23. The van der Waals surface area contributed by atoms with Crippen LogP contribution in [-0.2, 0) is 11.2 Å². The average molecular weight is 296 g/mol. The Hall–Kier alpha value is -2.47. The van der Waals surface area contributed by atoms with Gasteiger partial charge in [0.05, 0.1) is 0 Å². The third kappa shape index (κ3) is 1.88. The molecule has 2 unspecified atom stereocenters. The fourth-order valence-electron chi connectivity index (χ4n) is 3.37. The molecule has 1 spiro atoms. The molecule has 0 saturated carbocycles. The van der Waals surface area contributed by atoms with E-state index in [1.807, 2.05) is 18.2 Å². The predicted octanol–water partition coefficient (Wildman–Crippen LogP) is 1.21. The quantitative estimate of drug-likeness (QED) is 0.825. The highest BCUT2D eigenvalue weighted by Crippen LogP contribution is 2.44. The summed E-state index contributed by atoms with van der Waals surface area (Å²) < 4.78 is 5.29. The minimum atomic E-state index is -0.720. The minimum Gasteiger partial charge on any atom is -0.463 e. The highest BCUT2D eigenvalue weighted by Gasteiger charge is 2.47. The van der Waals surface area contributed by atoms with Crippen molar-refractivity contribution in [1.82, 2.24) is 9.97 Å². The van der Waals surface area contributed by atoms with E-state index >= 15 is 0 Å². The van der Waals surface area contributed by atoms with Gasteiger partial charge < -0.3 is 15.6 Å². The topological polar surface area (TPSA) is 93.6 Å². The maximum absolute atomic E-state index is 10.8. The van der Waals surface area contributed by atoms with Gasteiger partial charge in [-0.05, 0) is 29.5 Å². The lowest BCUT2D eigenvalue weighted by molar-refractivity contribution is 0.0523. The van der Waals surface area contributed by atoms with Crippen molar-refractivity contribution in [2.45, 2.75) is 24.5 Å². The molecule has 6 heteroatoms. The number of fused-ring (bicyclic) bond motifs is 1. The Morgan fingerprint density at radius 2 is 2.09 bits per heavy atom. The molecule has 1 aromatic heterocycles. The number of aliphatic hydroxyl groups is 1. The number of aliphatic imine (C=N–C) groups is 1. The maximum atomic E-state index is 10.8. The van der Waals surface area contributed by atoms with Crippen LogP contribution in [0.3, 0.4) is 0 Å². The van der Waals surface area contributed by atoms with Crippen LogP contribution in [0, 0.1) is 0 Å². The van der Waals surface area contributed by atoms with Gasteiger partial charge in [-0.1, -0.05) is 18.2 Å². The number of amidine groups is 1. The van der Waals surface area contributed by atoms with Crippen molar-refractivity contribution in [2.24, 2.45) is 10.7 Å². The molecule has 3 N–H and O–H groups in total. The monoisotopic (exact) mass is 296 g/mol. The third-order valence-electron chi connectivity index (χ3n) is 4.50. The van der Waals surface area contributed by atoms with Gasteiger partial charge in [-0.15, -0.1) is 0 Å². The summed E-state index contributed by atoms with van der Waals surface area (Å²) in [7, 11) is 0. The number of aromatic nitrogens is 2. The number of rotatable bonds is 1. The summed E-state index contributed by atoms with van der Waals surface area (Å²) in [4.78, 5) is 12.5. The van der Waals surface area contributed by atoms with Gasteiger partial charge in [0, 0.05) is 18.0 Å². The SMILES string of the molecule is NC1=NC2(CCc3c(-c4cncnc4)cccc3C2O)CO1. The Balaban J connectivity index is 1.81. The Bertz CT molecular complexity index is 747. The first kappa shape index (κ1) is 13.2.